The van der Waals surface area contributed by atoms with E-state index in [1.807, 2.05) is 17.8 Å². The molecular formula is C12H10BrN3S. The van der Waals surface area contributed by atoms with Gasteiger partial charge < -0.3 is 5.73 Å². The summed E-state index contributed by atoms with van der Waals surface area (Å²) in [5.74, 6) is 0. The predicted octanol–water partition coefficient (Wildman–Crippen LogP) is 3.65. The highest BCUT2D eigenvalue weighted by atomic mass is 79.9. The predicted molar refractivity (Wildman–Crippen MR) is 76.1 cm³/mol. The summed E-state index contributed by atoms with van der Waals surface area (Å²) in [6.45, 7) is 0. The van der Waals surface area contributed by atoms with Crippen molar-refractivity contribution in [3.8, 4) is 10.6 Å². The van der Waals surface area contributed by atoms with Gasteiger partial charge in [-0.05, 0) is 23.6 Å². The van der Waals surface area contributed by atoms with Crippen molar-refractivity contribution in [3.05, 3.63) is 34.9 Å². The normalized spacial score (nSPS) is 11.2. The first kappa shape index (κ1) is 10.8. The Morgan fingerprint density at radius 1 is 1.35 bits per heavy atom. The van der Waals surface area contributed by atoms with Crippen LogP contribution in [0.1, 0.15) is 0 Å². The highest BCUT2D eigenvalue weighted by Gasteiger charge is 2.11. The standard InChI is InChI=1S/C12H10BrN3S/c1-16-12(9(14)6-15-16)11-4-7-2-3-8(13)5-10(7)17-11/h2-6H,14H2,1H3. The highest BCUT2D eigenvalue weighted by Crippen LogP contribution is 2.36. The number of nitrogens with zero attached hydrogens (tertiary/aromatic N) is 2. The molecule has 0 fully saturated rings. The number of hydrogen-bond acceptors (Lipinski definition) is 3. The fourth-order valence-electron chi connectivity index (χ4n) is 1.88. The number of nitrogen functional groups attached to an aromatic ring is 1. The van der Waals surface area contributed by atoms with Gasteiger partial charge in [0.2, 0.25) is 0 Å². The van der Waals surface area contributed by atoms with Gasteiger partial charge in [0.05, 0.1) is 16.8 Å². The molecule has 0 amide bonds. The van der Waals surface area contributed by atoms with E-state index >= 15 is 0 Å². The minimum absolute atomic E-state index is 0.720. The molecule has 5 heteroatoms. The first-order chi connectivity index (χ1) is 8.15. The summed E-state index contributed by atoms with van der Waals surface area (Å²) in [6.07, 6.45) is 1.69. The molecular weight excluding hydrogens is 298 g/mol. The second-order valence-corrected chi connectivity index (χ2v) is 5.86. The van der Waals surface area contributed by atoms with E-state index < -0.39 is 0 Å². The third kappa shape index (κ3) is 1.75. The molecule has 0 saturated carbocycles. The average molecular weight is 308 g/mol. The van der Waals surface area contributed by atoms with Gasteiger partial charge in [0.15, 0.2) is 0 Å². The molecule has 0 saturated heterocycles. The van der Waals surface area contributed by atoms with E-state index in [0.29, 0.717) is 0 Å². The molecule has 3 rings (SSSR count). The third-order valence-electron chi connectivity index (χ3n) is 2.68. The Kier molecular flexibility index (Phi) is 2.45. The molecule has 17 heavy (non-hydrogen) atoms. The molecule has 0 aliphatic rings. The molecule has 0 atom stereocenters. The van der Waals surface area contributed by atoms with E-state index in [2.05, 4.69) is 39.2 Å². The molecule has 0 spiro atoms. The van der Waals surface area contributed by atoms with Gasteiger partial charge in [0.1, 0.15) is 5.69 Å². The van der Waals surface area contributed by atoms with Gasteiger partial charge in [-0.3, -0.25) is 4.68 Å². The van der Waals surface area contributed by atoms with Crippen LogP contribution in [0.3, 0.4) is 0 Å². The lowest BCUT2D eigenvalue weighted by molar-refractivity contribution is 0.777. The highest BCUT2D eigenvalue weighted by molar-refractivity contribution is 9.10. The summed E-state index contributed by atoms with van der Waals surface area (Å²) in [7, 11) is 1.91. The maximum Gasteiger partial charge on any atom is 0.101 e. The van der Waals surface area contributed by atoms with Crippen molar-refractivity contribution in [2.75, 3.05) is 5.73 Å². The number of aromatic nitrogens is 2. The van der Waals surface area contributed by atoms with Crippen LogP contribution in [-0.2, 0) is 7.05 Å². The van der Waals surface area contributed by atoms with Crippen LogP contribution in [-0.4, -0.2) is 9.78 Å². The number of rotatable bonds is 1. The van der Waals surface area contributed by atoms with E-state index in [4.69, 9.17) is 5.73 Å². The Bertz CT molecular complexity index is 679. The molecule has 2 heterocycles. The first-order valence-electron chi connectivity index (χ1n) is 5.12. The lowest BCUT2D eigenvalue weighted by Crippen LogP contribution is -1.93. The molecule has 2 aromatic heterocycles. The van der Waals surface area contributed by atoms with Crippen molar-refractivity contribution in [1.82, 2.24) is 9.78 Å². The number of nitrogens with two attached hydrogens (primary N) is 1. The summed E-state index contributed by atoms with van der Waals surface area (Å²) < 4.78 is 4.15. The van der Waals surface area contributed by atoms with Crippen molar-refractivity contribution in [3.63, 3.8) is 0 Å². The van der Waals surface area contributed by atoms with Crippen molar-refractivity contribution >= 4 is 43.0 Å². The van der Waals surface area contributed by atoms with E-state index in [-0.39, 0.29) is 0 Å². The fourth-order valence-corrected chi connectivity index (χ4v) is 3.59. The molecule has 0 radical (unpaired) electrons. The Morgan fingerprint density at radius 2 is 2.18 bits per heavy atom. The fraction of sp³-hybridized carbons (Fsp3) is 0.0833. The molecule has 0 aliphatic heterocycles. The average Bonchev–Trinajstić information content (AvgIpc) is 2.81. The van der Waals surface area contributed by atoms with Crippen molar-refractivity contribution < 1.29 is 0 Å². The Hall–Kier alpha value is -1.33. The molecule has 0 unspecified atom stereocenters. The van der Waals surface area contributed by atoms with E-state index in [0.717, 1.165) is 20.7 Å². The topological polar surface area (TPSA) is 43.8 Å². The molecule has 2 N–H and O–H groups in total. The molecule has 3 aromatic rings. The molecule has 3 nitrogen and oxygen atoms in total. The number of fused-ring (bicyclic) bond motifs is 1. The molecule has 1 aromatic carbocycles. The number of halogens is 1. The number of aryl methyl sites for hydroxylation is 1. The number of hydrogen-bond donors (Lipinski definition) is 1. The number of anilines is 1. The van der Waals surface area contributed by atoms with Crippen LogP contribution < -0.4 is 5.73 Å². The minimum Gasteiger partial charge on any atom is -0.396 e. The van der Waals surface area contributed by atoms with Gasteiger partial charge in [0, 0.05) is 16.2 Å². The minimum atomic E-state index is 0.720. The summed E-state index contributed by atoms with van der Waals surface area (Å²) in [4.78, 5) is 1.15. The van der Waals surface area contributed by atoms with Gasteiger partial charge in [-0.15, -0.1) is 11.3 Å². The second-order valence-electron chi connectivity index (χ2n) is 3.86. The van der Waals surface area contributed by atoms with Gasteiger partial charge in [-0.2, -0.15) is 5.10 Å². The maximum absolute atomic E-state index is 5.94. The summed E-state index contributed by atoms with van der Waals surface area (Å²) in [6, 6.07) is 8.42. The van der Waals surface area contributed by atoms with Gasteiger partial charge in [-0.25, -0.2) is 0 Å². The largest absolute Gasteiger partial charge is 0.396 e. The number of thiophene rings is 1. The lowest BCUT2D eigenvalue weighted by atomic mass is 10.2. The van der Waals surface area contributed by atoms with Crippen LogP contribution in [0.25, 0.3) is 20.7 Å². The van der Waals surface area contributed by atoms with E-state index in [1.54, 1.807) is 17.5 Å². The Morgan fingerprint density at radius 3 is 2.88 bits per heavy atom. The zero-order valence-electron chi connectivity index (χ0n) is 9.14. The summed E-state index contributed by atoms with van der Waals surface area (Å²) in [5, 5.41) is 5.40. The van der Waals surface area contributed by atoms with Gasteiger partial charge >= 0.3 is 0 Å². The quantitative estimate of drug-likeness (QED) is 0.746. The van der Waals surface area contributed by atoms with E-state index in [1.165, 1.54) is 10.1 Å². The van der Waals surface area contributed by atoms with Crippen LogP contribution >= 0.6 is 27.3 Å². The first-order valence-corrected chi connectivity index (χ1v) is 6.73. The van der Waals surface area contributed by atoms with Gasteiger partial charge in [0.25, 0.3) is 0 Å². The Balaban J connectivity index is 2.25. The van der Waals surface area contributed by atoms with Crippen molar-refractivity contribution in [1.29, 1.82) is 0 Å². The van der Waals surface area contributed by atoms with Crippen molar-refractivity contribution in [2.45, 2.75) is 0 Å². The maximum atomic E-state index is 5.94. The molecule has 0 bridgehead atoms. The van der Waals surface area contributed by atoms with Crippen LogP contribution in [0.5, 0.6) is 0 Å². The summed E-state index contributed by atoms with van der Waals surface area (Å²) >= 11 is 5.21. The zero-order chi connectivity index (χ0) is 12.0. The van der Waals surface area contributed by atoms with Crippen LogP contribution in [0.2, 0.25) is 0 Å². The zero-order valence-corrected chi connectivity index (χ0v) is 11.5. The van der Waals surface area contributed by atoms with Crippen molar-refractivity contribution in [2.24, 2.45) is 7.05 Å². The van der Waals surface area contributed by atoms with Crippen LogP contribution in [0, 0.1) is 0 Å². The second kappa shape index (κ2) is 3.85. The number of benzene rings is 1. The lowest BCUT2D eigenvalue weighted by Gasteiger charge is -1.98. The van der Waals surface area contributed by atoms with Crippen LogP contribution in [0.4, 0.5) is 5.69 Å². The van der Waals surface area contributed by atoms with E-state index in [9.17, 15) is 0 Å². The third-order valence-corrected chi connectivity index (χ3v) is 4.28. The Labute approximate surface area is 111 Å². The molecule has 0 aliphatic carbocycles. The SMILES string of the molecule is Cn1ncc(N)c1-c1cc2ccc(Br)cc2s1. The smallest absolute Gasteiger partial charge is 0.101 e. The van der Waals surface area contributed by atoms with Gasteiger partial charge in [-0.1, -0.05) is 22.0 Å². The summed E-state index contributed by atoms with van der Waals surface area (Å²) in [5.41, 5.74) is 7.65. The molecule has 86 valence electrons. The monoisotopic (exact) mass is 307 g/mol. The van der Waals surface area contributed by atoms with Crippen LogP contribution in [0.15, 0.2) is 34.9 Å².